The van der Waals surface area contributed by atoms with Crippen LogP contribution in [-0.2, 0) is 4.79 Å². The summed E-state index contributed by atoms with van der Waals surface area (Å²) in [6.07, 6.45) is 3.55. The van der Waals surface area contributed by atoms with E-state index in [0.29, 0.717) is 12.3 Å². The molecule has 1 unspecified atom stereocenters. The Bertz CT molecular complexity index is 761. The van der Waals surface area contributed by atoms with Crippen molar-refractivity contribution < 1.29 is 14.1 Å². The van der Waals surface area contributed by atoms with Crippen LogP contribution >= 0.6 is 0 Å². The maximum Gasteiger partial charge on any atom is 0.282 e. The number of rotatable bonds is 4. The predicted molar refractivity (Wildman–Crippen MR) is 91.7 cm³/mol. The van der Waals surface area contributed by atoms with Crippen LogP contribution in [0.3, 0.4) is 0 Å². The molecule has 4 rings (SSSR count). The number of carbonyl (C=O) groups is 2. The molecule has 2 heterocycles. The van der Waals surface area contributed by atoms with Crippen LogP contribution in [0.5, 0.6) is 0 Å². The minimum absolute atomic E-state index is 0.0128. The summed E-state index contributed by atoms with van der Waals surface area (Å²) >= 11 is 0. The van der Waals surface area contributed by atoms with Gasteiger partial charge in [0.05, 0.1) is 5.92 Å². The SMILES string of the molecule is O=C(c1cc(-c2ccccc2)on1)N(C(=O)C1CCCNC1)C1CC1. The molecule has 1 aromatic carbocycles. The third kappa shape index (κ3) is 3.35. The van der Waals surface area contributed by atoms with E-state index in [1.54, 1.807) is 6.07 Å². The van der Waals surface area contributed by atoms with Crippen LogP contribution in [0.15, 0.2) is 40.9 Å². The molecular weight excluding hydrogens is 318 g/mol. The van der Waals surface area contributed by atoms with Crippen molar-refractivity contribution in [2.24, 2.45) is 5.92 Å². The van der Waals surface area contributed by atoms with E-state index in [9.17, 15) is 9.59 Å². The van der Waals surface area contributed by atoms with Crippen LogP contribution in [0.25, 0.3) is 11.3 Å². The van der Waals surface area contributed by atoms with Crippen LogP contribution in [0.1, 0.15) is 36.2 Å². The first kappa shape index (κ1) is 16.0. The number of carbonyl (C=O) groups excluding carboxylic acids is 2. The molecule has 1 aromatic heterocycles. The van der Waals surface area contributed by atoms with Crippen molar-refractivity contribution in [2.75, 3.05) is 13.1 Å². The van der Waals surface area contributed by atoms with E-state index in [-0.39, 0.29) is 29.5 Å². The molecule has 1 aliphatic heterocycles. The Morgan fingerprint density at radius 3 is 2.64 bits per heavy atom. The van der Waals surface area contributed by atoms with E-state index < -0.39 is 0 Å². The minimum Gasteiger partial charge on any atom is -0.355 e. The fraction of sp³-hybridized carbons (Fsp3) is 0.421. The standard InChI is InChI=1S/C19H21N3O3/c23-18(14-7-4-10-20-12-14)22(15-8-9-15)19(24)16-11-17(25-21-16)13-5-2-1-3-6-13/h1-3,5-6,11,14-15,20H,4,7-10,12H2. The second kappa shape index (κ2) is 6.80. The lowest BCUT2D eigenvalue weighted by molar-refractivity contribution is -0.133. The van der Waals surface area contributed by atoms with Crippen molar-refractivity contribution in [1.82, 2.24) is 15.4 Å². The van der Waals surface area contributed by atoms with Gasteiger partial charge in [-0.3, -0.25) is 14.5 Å². The summed E-state index contributed by atoms with van der Waals surface area (Å²) in [6, 6.07) is 11.1. The molecule has 1 N–H and O–H groups in total. The normalized spacial score (nSPS) is 20.2. The Morgan fingerprint density at radius 2 is 1.96 bits per heavy atom. The van der Waals surface area contributed by atoms with Gasteiger partial charge in [0.25, 0.3) is 5.91 Å². The fourth-order valence-electron chi connectivity index (χ4n) is 3.28. The van der Waals surface area contributed by atoms with Crippen molar-refractivity contribution in [2.45, 2.75) is 31.7 Å². The average molecular weight is 339 g/mol. The fourth-order valence-corrected chi connectivity index (χ4v) is 3.28. The summed E-state index contributed by atoms with van der Waals surface area (Å²) in [7, 11) is 0. The summed E-state index contributed by atoms with van der Waals surface area (Å²) in [5.41, 5.74) is 1.05. The quantitative estimate of drug-likeness (QED) is 0.866. The van der Waals surface area contributed by atoms with Crippen LogP contribution in [0.4, 0.5) is 0 Å². The summed E-state index contributed by atoms with van der Waals surface area (Å²) in [6.45, 7) is 1.58. The van der Waals surface area contributed by atoms with Gasteiger partial charge in [-0.05, 0) is 32.2 Å². The highest BCUT2D eigenvalue weighted by Crippen LogP contribution is 2.31. The highest BCUT2D eigenvalue weighted by atomic mass is 16.5. The molecule has 2 amide bonds. The number of amides is 2. The number of nitrogens with one attached hydrogen (secondary N) is 1. The van der Waals surface area contributed by atoms with Gasteiger partial charge in [0, 0.05) is 24.2 Å². The van der Waals surface area contributed by atoms with Crippen LogP contribution in [0.2, 0.25) is 0 Å². The molecule has 2 fully saturated rings. The molecule has 130 valence electrons. The van der Waals surface area contributed by atoms with Gasteiger partial charge in [-0.2, -0.15) is 0 Å². The number of aromatic nitrogens is 1. The van der Waals surface area contributed by atoms with E-state index in [4.69, 9.17) is 4.52 Å². The Balaban J connectivity index is 1.55. The number of nitrogens with zero attached hydrogens (tertiary/aromatic N) is 2. The first-order valence-corrected chi connectivity index (χ1v) is 8.84. The van der Waals surface area contributed by atoms with Crippen molar-refractivity contribution >= 4 is 11.8 Å². The topological polar surface area (TPSA) is 75.4 Å². The average Bonchev–Trinajstić information content (AvgIpc) is 3.37. The Hall–Kier alpha value is -2.47. The highest BCUT2D eigenvalue weighted by Gasteiger charge is 2.41. The molecule has 1 saturated carbocycles. The van der Waals surface area contributed by atoms with E-state index >= 15 is 0 Å². The molecule has 0 radical (unpaired) electrons. The number of hydrogen-bond acceptors (Lipinski definition) is 5. The minimum atomic E-state index is -0.344. The first-order valence-electron chi connectivity index (χ1n) is 8.84. The smallest absolute Gasteiger partial charge is 0.282 e. The molecular formula is C19H21N3O3. The van der Waals surface area contributed by atoms with Gasteiger partial charge in [0.15, 0.2) is 11.5 Å². The predicted octanol–water partition coefficient (Wildman–Crippen LogP) is 2.47. The number of benzene rings is 1. The molecule has 25 heavy (non-hydrogen) atoms. The summed E-state index contributed by atoms with van der Waals surface area (Å²) < 4.78 is 5.33. The molecule has 6 nitrogen and oxygen atoms in total. The Labute approximate surface area is 146 Å². The third-order valence-electron chi connectivity index (χ3n) is 4.80. The van der Waals surface area contributed by atoms with Crippen molar-refractivity contribution in [3.8, 4) is 11.3 Å². The van der Waals surface area contributed by atoms with Gasteiger partial charge >= 0.3 is 0 Å². The molecule has 2 aliphatic rings. The molecule has 2 aromatic rings. The lowest BCUT2D eigenvalue weighted by atomic mass is 9.98. The van der Waals surface area contributed by atoms with Crippen LogP contribution in [0, 0.1) is 5.92 Å². The second-order valence-corrected chi connectivity index (χ2v) is 6.73. The van der Waals surface area contributed by atoms with Gasteiger partial charge in [-0.1, -0.05) is 35.5 Å². The number of piperidine rings is 1. The molecule has 1 atom stereocenters. The monoisotopic (exact) mass is 339 g/mol. The first-order chi connectivity index (χ1) is 12.2. The molecule has 0 spiro atoms. The summed E-state index contributed by atoms with van der Waals surface area (Å²) in [5.74, 6) is -0.0155. The highest BCUT2D eigenvalue weighted by molar-refractivity contribution is 6.05. The molecule has 1 saturated heterocycles. The van der Waals surface area contributed by atoms with E-state index in [2.05, 4.69) is 10.5 Å². The van der Waals surface area contributed by atoms with E-state index in [1.807, 2.05) is 30.3 Å². The van der Waals surface area contributed by atoms with Crippen LogP contribution < -0.4 is 5.32 Å². The lowest BCUT2D eigenvalue weighted by Gasteiger charge is -2.28. The van der Waals surface area contributed by atoms with Crippen molar-refractivity contribution in [3.63, 3.8) is 0 Å². The zero-order valence-corrected chi connectivity index (χ0v) is 14.0. The molecule has 1 aliphatic carbocycles. The van der Waals surface area contributed by atoms with Crippen molar-refractivity contribution in [1.29, 1.82) is 0 Å². The maximum absolute atomic E-state index is 12.9. The second-order valence-electron chi connectivity index (χ2n) is 6.73. The van der Waals surface area contributed by atoms with Gasteiger partial charge in [0.2, 0.25) is 5.91 Å². The third-order valence-corrected chi connectivity index (χ3v) is 4.80. The van der Waals surface area contributed by atoms with Gasteiger partial charge in [-0.15, -0.1) is 0 Å². The van der Waals surface area contributed by atoms with E-state index in [0.717, 1.165) is 37.8 Å². The summed E-state index contributed by atoms with van der Waals surface area (Å²) in [5, 5.41) is 7.16. The summed E-state index contributed by atoms with van der Waals surface area (Å²) in [4.78, 5) is 27.2. The molecule has 0 bridgehead atoms. The van der Waals surface area contributed by atoms with Gasteiger partial charge in [0.1, 0.15) is 0 Å². The zero-order chi connectivity index (χ0) is 17.2. The van der Waals surface area contributed by atoms with Crippen molar-refractivity contribution in [3.05, 3.63) is 42.1 Å². The van der Waals surface area contributed by atoms with Gasteiger partial charge in [-0.25, -0.2) is 0 Å². The van der Waals surface area contributed by atoms with Gasteiger partial charge < -0.3 is 9.84 Å². The lowest BCUT2D eigenvalue weighted by Crippen LogP contribution is -2.46. The van der Waals surface area contributed by atoms with E-state index in [1.165, 1.54) is 4.90 Å². The van der Waals surface area contributed by atoms with Crippen LogP contribution in [-0.4, -0.2) is 41.0 Å². The maximum atomic E-state index is 12.9. The Morgan fingerprint density at radius 1 is 1.16 bits per heavy atom. The largest absolute Gasteiger partial charge is 0.355 e. The number of imide groups is 1. The number of hydrogen-bond donors (Lipinski definition) is 1. The Kier molecular flexibility index (Phi) is 4.36. The molecule has 6 heteroatoms. The zero-order valence-electron chi connectivity index (χ0n) is 14.0.